The molecule has 0 saturated heterocycles. The number of carboxylic acids is 1. The number of anilines is 1. The lowest BCUT2D eigenvalue weighted by atomic mass is 9.78. The summed E-state index contributed by atoms with van der Waals surface area (Å²) in [6.07, 6.45) is 1.75. The Balaban J connectivity index is 1.29. The van der Waals surface area contributed by atoms with Gasteiger partial charge in [-0.3, -0.25) is 14.6 Å². The maximum Gasteiger partial charge on any atom is 0.433 e. The zero-order chi connectivity index (χ0) is 26.9. The minimum absolute atomic E-state index is 0.0164. The van der Waals surface area contributed by atoms with E-state index >= 15 is 0 Å². The van der Waals surface area contributed by atoms with Crippen molar-refractivity contribution in [2.24, 2.45) is 5.92 Å². The van der Waals surface area contributed by atoms with Gasteiger partial charge in [-0.15, -0.1) is 11.3 Å². The van der Waals surface area contributed by atoms with Crippen LogP contribution in [-0.4, -0.2) is 31.9 Å². The summed E-state index contributed by atoms with van der Waals surface area (Å²) in [6.45, 7) is 0. The molecule has 38 heavy (non-hydrogen) atoms. The summed E-state index contributed by atoms with van der Waals surface area (Å²) >= 11 is 1.58. The number of carboxylic acid groups (broad SMARTS) is 1. The minimum atomic E-state index is -4.57. The molecule has 1 saturated carbocycles. The summed E-state index contributed by atoms with van der Waals surface area (Å²) in [7, 11) is 0. The molecule has 0 atom stereocenters. The molecule has 11 heteroatoms. The number of benzene rings is 1. The number of carbonyl (C=O) groups is 2. The topological polar surface area (TPSA) is 105 Å². The largest absolute Gasteiger partial charge is 0.481 e. The number of fused-ring (bicyclic) bond motifs is 1. The summed E-state index contributed by atoms with van der Waals surface area (Å²) in [6, 6.07) is 8.91. The van der Waals surface area contributed by atoms with E-state index in [-0.39, 0.29) is 17.9 Å². The fourth-order valence-electron chi connectivity index (χ4n) is 4.90. The predicted molar refractivity (Wildman–Crippen MR) is 137 cm³/mol. The van der Waals surface area contributed by atoms with Gasteiger partial charge in [0.1, 0.15) is 12.0 Å². The third-order valence-corrected chi connectivity index (χ3v) is 7.86. The number of thiophene rings is 1. The Labute approximate surface area is 219 Å². The molecule has 0 bridgehead atoms. The van der Waals surface area contributed by atoms with Crippen LogP contribution in [0.3, 0.4) is 0 Å². The second-order valence-corrected chi connectivity index (χ2v) is 10.2. The van der Waals surface area contributed by atoms with E-state index < -0.39 is 23.7 Å². The van der Waals surface area contributed by atoms with Crippen molar-refractivity contribution in [2.75, 3.05) is 5.32 Å². The van der Waals surface area contributed by atoms with Gasteiger partial charge in [-0.1, -0.05) is 12.1 Å². The molecule has 1 amide bonds. The van der Waals surface area contributed by atoms with Crippen molar-refractivity contribution in [3.8, 4) is 11.3 Å². The van der Waals surface area contributed by atoms with Gasteiger partial charge in [-0.2, -0.15) is 13.2 Å². The first-order valence-corrected chi connectivity index (χ1v) is 13.0. The van der Waals surface area contributed by atoms with E-state index in [1.165, 1.54) is 11.9 Å². The third-order valence-electron chi connectivity index (χ3n) is 6.86. The van der Waals surface area contributed by atoms with Crippen LogP contribution in [0.5, 0.6) is 0 Å². The third kappa shape index (κ3) is 5.52. The van der Waals surface area contributed by atoms with E-state index in [0.29, 0.717) is 11.6 Å². The Morgan fingerprint density at radius 3 is 2.37 bits per heavy atom. The van der Waals surface area contributed by atoms with Gasteiger partial charge in [0.05, 0.1) is 21.5 Å². The molecule has 2 N–H and O–H groups in total. The lowest BCUT2D eigenvalue weighted by Gasteiger charge is -2.27. The number of hydrogen-bond donors (Lipinski definition) is 2. The van der Waals surface area contributed by atoms with Crippen LogP contribution in [0.1, 0.15) is 59.6 Å². The van der Waals surface area contributed by atoms with Gasteiger partial charge >= 0.3 is 12.1 Å². The SMILES string of the molecule is O=C(O)CC1CCC(c2csc3c(-c4ccc(NC(=O)c5ccc(C(F)(F)F)nc5)cc4)ncnc23)CC1. The van der Waals surface area contributed by atoms with Crippen molar-refractivity contribution in [3.05, 3.63) is 71.1 Å². The van der Waals surface area contributed by atoms with Crippen LogP contribution in [0.15, 0.2) is 54.3 Å². The number of halogens is 3. The molecule has 4 aromatic rings. The maximum atomic E-state index is 12.7. The number of rotatable bonds is 6. The summed E-state index contributed by atoms with van der Waals surface area (Å²) in [5.74, 6) is -0.736. The van der Waals surface area contributed by atoms with Gasteiger partial charge in [0.15, 0.2) is 0 Å². The number of aliphatic carboxylic acids is 1. The number of nitrogens with zero attached hydrogens (tertiary/aromatic N) is 3. The molecule has 3 heterocycles. The van der Waals surface area contributed by atoms with Crippen LogP contribution < -0.4 is 5.32 Å². The number of aromatic nitrogens is 3. The number of hydrogen-bond acceptors (Lipinski definition) is 6. The highest BCUT2D eigenvalue weighted by atomic mass is 32.1. The molecule has 1 fully saturated rings. The number of amides is 1. The Morgan fingerprint density at radius 2 is 1.74 bits per heavy atom. The van der Waals surface area contributed by atoms with E-state index in [4.69, 9.17) is 5.11 Å². The standard InChI is InChI=1S/C27H23F3N4O3S/c28-27(29,30)21-10-7-18(12-31-21)26(37)34-19-8-5-17(6-9-19)23-25-24(33-14-32-23)20(13-38-25)16-3-1-15(2-4-16)11-22(35)36/h5-10,12-16H,1-4,11H2,(H,34,37)(H,35,36). The number of nitrogens with one attached hydrogen (secondary N) is 1. The molecule has 3 aromatic heterocycles. The van der Waals surface area contributed by atoms with E-state index in [1.54, 1.807) is 23.5 Å². The Hall–Kier alpha value is -3.86. The highest BCUT2D eigenvalue weighted by Gasteiger charge is 2.32. The van der Waals surface area contributed by atoms with Crippen LogP contribution in [-0.2, 0) is 11.0 Å². The molecule has 0 spiro atoms. The van der Waals surface area contributed by atoms with Crippen LogP contribution in [0.4, 0.5) is 18.9 Å². The molecule has 0 aliphatic heterocycles. The van der Waals surface area contributed by atoms with E-state index in [9.17, 15) is 22.8 Å². The predicted octanol–water partition coefficient (Wildman–Crippen LogP) is 6.77. The monoisotopic (exact) mass is 540 g/mol. The smallest absolute Gasteiger partial charge is 0.433 e. The summed E-state index contributed by atoms with van der Waals surface area (Å²) < 4.78 is 39.1. The second kappa shape index (κ2) is 10.5. The fraction of sp³-hybridized carbons (Fsp3) is 0.296. The van der Waals surface area contributed by atoms with E-state index in [2.05, 4.69) is 25.6 Å². The second-order valence-electron chi connectivity index (χ2n) is 9.37. The molecule has 5 rings (SSSR count). The zero-order valence-electron chi connectivity index (χ0n) is 20.0. The van der Waals surface area contributed by atoms with Crippen molar-refractivity contribution in [1.82, 2.24) is 15.0 Å². The van der Waals surface area contributed by atoms with Gasteiger partial charge in [0.25, 0.3) is 5.91 Å². The van der Waals surface area contributed by atoms with Crippen molar-refractivity contribution >= 4 is 39.1 Å². The minimum Gasteiger partial charge on any atom is -0.481 e. The molecule has 0 radical (unpaired) electrons. The first-order valence-electron chi connectivity index (χ1n) is 12.1. The van der Waals surface area contributed by atoms with Crippen molar-refractivity contribution in [3.63, 3.8) is 0 Å². The molecule has 1 aliphatic carbocycles. The molecule has 1 aliphatic rings. The van der Waals surface area contributed by atoms with Crippen LogP contribution in [0.25, 0.3) is 21.5 Å². The van der Waals surface area contributed by atoms with E-state index in [0.717, 1.165) is 65.5 Å². The van der Waals surface area contributed by atoms with Crippen molar-refractivity contribution in [1.29, 1.82) is 0 Å². The van der Waals surface area contributed by atoms with Gasteiger partial charge in [-0.05, 0) is 72.7 Å². The van der Waals surface area contributed by atoms with Crippen molar-refractivity contribution < 1.29 is 27.9 Å². The average Bonchev–Trinajstić information content (AvgIpc) is 3.33. The van der Waals surface area contributed by atoms with Gasteiger partial charge < -0.3 is 10.4 Å². The fourth-order valence-corrected chi connectivity index (χ4v) is 6.01. The average molecular weight is 541 g/mol. The molecular weight excluding hydrogens is 517 g/mol. The number of pyridine rings is 1. The molecule has 0 unspecified atom stereocenters. The number of carbonyl (C=O) groups excluding carboxylic acids is 1. The zero-order valence-corrected chi connectivity index (χ0v) is 20.9. The van der Waals surface area contributed by atoms with Gasteiger partial charge in [0.2, 0.25) is 0 Å². The first kappa shape index (κ1) is 25.8. The van der Waals surface area contributed by atoms with Crippen LogP contribution in [0, 0.1) is 5.92 Å². The molecule has 7 nitrogen and oxygen atoms in total. The first-order chi connectivity index (χ1) is 18.2. The highest BCUT2D eigenvalue weighted by molar-refractivity contribution is 7.17. The molecule has 196 valence electrons. The van der Waals surface area contributed by atoms with Gasteiger partial charge in [-0.25, -0.2) is 9.97 Å². The maximum absolute atomic E-state index is 12.7. The Bertz CT molecular complexity index is 1460. The lowest BCUT2D eigenvalue weighted by molar-refractivity contribution is -0.141. The molecule has 1 aromatic carbocycles. The number of alkyl halides is 3. The normalized spacial score (nSPS) is 17.9. The summed E-state index contributed by atoms with van der Waals surface area (Å²) in [4.78, 5) is 35.9. The van der Waals surface area contributed by atoms with Crippen LogP contribution in [0.2, 0.25) is 0 Å². The quantitative estimate of drug-likeness (QED) is 0.280. The summed E-state index contributed by atoms with van der Waals surface area (Å²) in [5, 5.41) is 13.9. The van der Waals surface area contributed by atoms with Gasteiger partial charge in [0, 0.05) is 23.9 Å². The van der Waals surface area contributed by atoms with Crippen LogP contribution >= 0.6 is 11.3 Å². The molecular formula is C27H23F3N4O3S. The van der Waals surface area contributed by atoms with E-state index in [1.807, 2.05) is 12.1 Å². The Morgan fingerprint density at radius 1 is 1.00 bits per heavy atom. The Kier molecular flexibility index (Phi) is 7.11. The highest BCUT2D eigenvalue weighted by Crippen LogP contribution is 2.42. The van der Waals surface area contributed by atoms with Crippen molar-refractivity contribution in [2.45, 2.75) is 44.2 Å². The summed E-state index contributed by atoms with van der Waals surface area (Å²) in [5.41, 5.74) is 3.14. The lowest BCUT2D eigenvalue weighted by Crippen LogP contribution is -2.16.